The van der Waals surface area contributed by atoms with E-state index >= 15 is 0 Å². The van der Waals surface area contributed by atoms with Crippen LogP contribution in [0.4, 0.5) is 5.69 Å². The normalized spacial score (nSPS) is 19.4. The number of benzene rings is 1. The van der Waals surface area contributed by atoms with Crippen molar-refractivity contribution in [3.05, 3.63) is 29.3 Å². The summed E-state index contributed by atoms with van der Waals surface area (Å²) in [5.74, 6) is 1.61. The zero-order valence-corrected chi connectivity index (χ0v) is 12.0. The van der Waals surface area contributed by atoms with Crippen molar-refractivity contribution in [1.29, 1.82) is 5.26 Å². The third-order valence-corrected chi connectivity index (χ3v) is 4.30. The molecule has 20 heavy (non-hydrogen) atoms. The minimum absolute atomic E-state index is 0.487. The van der Waals surface area contributed by atoms with Crippen LogP contribution in [0.25, 0.3) is 0 Å². The van der Waals surface area contributed by atoms with Crippen molar-refractivity contribution < 1.29 is 5.11 Å². The Morgan fingerprint density at radius 1 is 1.25 bits per heavy atom. The molecule has 2 saturated carbocycles. The largest absolute Gasteiger partial charge is 0.389 e. The number of nitrogens with zero attached hydrogens (tertiary/aromatic N) is 2. The zero-order valence-electron chi connectivity index (χ0n) is 12.0. The molecule has 3 nitrogen and oxygen atoms in total. The molecule has 0 saturated heterocycles. The van der Waals surface area contributed by atoms with E-state index in [1.165, 1.54) is 25.7 Å². The third kappa shape index (κ3) is 3.13. The van der Waals surface area contributed by atoms with Crippen molar-refractivity contribution in [2.24, 2.45) is 11.8 Å². The first kappa shape index (κ1) is 13.5. The Hall–Kier alpha value is -1.53. The van der Waals surface area contributed by atoms with E-state index in [-0.39, 0.29) is 0 Å². The quantitative estimate of drug-likeness (QED) is 0.863. The fraction of sp³-hybridized carbons (Fsp3) is 0.588. The molecule has 0 spiro atoms. The molecule has 0 radical (unpaired) electrons. The monoisotopic (exact) mass is 270 g/mol. The summed E-state index contributed by atoms with van der Waals surface area (Å²) in [6.45, 7) is 3.95. The average Bonchev–Trinajstić information content (AvgIpc) is 3.32. The van der Waals surface area contributed by atoms with Gasteiger partial charge in [-0.1, -0.05) is 6.07 Å². The van der Waals surface area contributed by atoms with Gasteiger partial charge < -0.3 is 10.0 Å². The third-order valence-electron chi connectivity index (χ3n) is 4.30. The first-order valence-corrected chi connectivity index (χ1v) is 7.64. The Kier molecular flexibility index (Phi) is 3.67. The van der Waals surface area contributed by atoms with Crippen LogP contribution in [0.2, 0.25) is 0 Å². The van der Waals surface area contributed by atoms with E-state index in [1.807, 2.05) is 12.1 Å². The van der Waals surface area contributed by atoms with Crippen molar-refractivity contribution in [1.82, 2.24) is 0 Å². The van der Waals surface area contributed by atoms with E-state index in [4.69, 9.17) is 5.26 Å². The van der Waals surface area contributed by atoms with Gasteiger partial charge in [-0.05, 0) is 56.6 Å². The van der Waals surface area contributed by atoms with Gasteiger partial charge in [0.2, 0.25) is 0 Å². The van der Waals surface area contributed by atoms with E-state index in [2.05, 4.69) is 11.0 Å². The molecule has 1 N–H and O–H groups in total. The van der Waals surface area contributed by atoms with Gasteiger partial charge in [0, 0.05) is 24.3 Å². The molecule has 0 unspecified atom stereocenters. The first-order valence-electron chi connectivity index (χ1n) is 7.64. The molecule has 1 aromatic carbocycles. The fourth-order valence-electron chi connectivity index (χ4n) is 2.74. The molecule has 1 aromatic rings. The Morgan fingerprint density at radius 2 is 1.85 bits per heavy atom. The lowest BCUT2D eigenvalue weighted by Crippen LogP contribution is -2.29. The predicted octanol–water partition coefficient (Wildman–Crippen LogP) is 3.24. The van der Waals surface area contributed by atoms with Gasteiger partial charge in [0.15, 0.2) is 0 Å². The molecule has 106 valence electrons. The lowest BCUT2D eigenvalue weighted by atomic mass is 10.0. The van der Waals surface area contributed by atoms with Gasteiger partial charge in [0.05, 0.1) is 17.7 Å². The SMILES string of the molecule is C[C@H](O)c1ccc(C#N)cc1N(CC1CC1)CC1CC1. The maximum atomic E-state index is 10.0. The smallest absolute Gasteiger partial charge is 0.0992 e. The molecule has 0 aliphatic heterocycles. The lowest BCUT2D eigenvalue weighted by molar-refractivity contribution is 0.199. The molecular weight excluding hydrogens is 248 g/mol. The molecule has 0 bridgehead atoms. The van der Waals surface area contributed by atoms with E-state index in [9.17, 15) is 5.11 Å². The number of hydrogen-bond donors (Lipinski definition) is 1. The Bertz CT molecular complexity index is 510. The van der Waals surface area contributed by atoms with E-state index < -0.39 is 6.10 Å². The van der Waals surface area contributed by atoms with Crippen LogP contribution in [0.5, 0.6) is 0 Å². The molecule has 0 aromatic heterocycles. The van der Waals surface area contributed by atoms with E-state index in [1.54, 1.807) is 13.0 Å². The predicted molar refractivity (Wildman–Crippen MR) is 79.5 cm³/mol. The first-order chi connectivity index (χ1) is 9.67. The number of aliphatic hydroxyl groups excluding tert-OH is 1. The van der Waals surface area contributed by atoms with E-state index in [0.717, 1.165) is 36.2 Å². The van der Waals surface area contributed by atoms with Crippen LogP contribution in [0.3, 0.4) is 0 Å². The number of rotatable bonds is 6. The number of nitriles is 1. The van der Waals surface area contributed by atoms with Crippen LogP contribution in [-0.4, -0.2) is 18.2 Å². The number of aliphatic hydroxyl groups is 1. The van der Waals surface area contributed by atoms with Crippen LogP contribution >= 0.6 is 0 Å². The molecule has 0 heterocycles. The summed E-state index contributed by atoms with van der Waals surface area (Å²) in [5, 5.41) is 19.1. The summed E-state index contributed by atoms with van der Waals surface area (Å²) in [5.41, 5.74) is 2.70. The Morgan fingerprint density at radius 3 is 2.30 bits per heavy atom. The van der Waals surface area contributed by atoms with Gasteiger partial charge in [-0.2, -0.15) is 5.26 Å². The number of hydrogen-bond acceptors (Lipinski definition) is 3. The maximum Gasteiger partial charge on any atom is 0.0992 e. The van der Waals surface area contributed by atoms with Crippen molar-refractivity contribution in [3.63, 3.8) is 0 Å². The molecule has 2 aliphatic rings. The highest BCUT2D eigenvalue weighted by atomic mass is 16.3. The Balaban J connectivity index is 1.91. The second-order valence-corrected chi connectivity index (χ2v) is 6.35. The standard InChI is InChI=1S/C17H22N2O/c1-12(20)16-7-6-15(9-18)8-17(16)19(10-13-2-3-13)11-14-4-5-14/h6-8,12-14,20H,2-5,10-11H2,1H3/t12-/m0/s1. The lowest BCUT2D eigenvalue weighted by Gasteiger charge is -2.28. The van der Waals surface area contributed by atoms with Crippen LogP contribution in [0, 0.1) is 23.2 Å². The molecule has 1 atom stereocenters. The average molecular weight is 270 g/mol. The van der Waals surface area contributed by atoms with Gasteiger partial charge in [0.1, 0.15) is 0 Å². The summed E-state index contributed by atoms with van der Waals surface area (Å²) in [4.78, 5) is 2.41. The summed E-state index contributed by atoms with van der Waals surface area (Å²) in [6, 6.07) is 7.88. The highest BCUT2D eigenvalue weighted by Crippen LogP contribution is 2.38. The van der Waals surface area contributed by atoms with Crippen LogP contribution < -0.4 is 4.90 Å². The molecule has 0 amide bonds. The van der Waals surface area contributed by atoms with Crippen molar-refractivity contribution in [2.75, 3.05) is 18.0 Å². The van der Waals surface area contributed by atoms with Crippen molar-refractivity contribution >= 4 is 5.69 Å². The summed E-state index contributed by atoms with van der Waals surface area (Å²) >= 11 is 0. The van der Waals surface area contributed by atoms with Crippen LogP contribution in [-0.2, 0) is 0 Å². The second-order valence-electron chi connectivity index (χ2n) is 6.35. The topological polar surface area (TPSA) is 47.3 Å². The Labute approximate surface area is 120 Å². The summed E-state index contributed by atoms with van der Waals surface area (Å²) in [6.07, 6.45) is 4.80. The molecular formula is C17H22N2O. The number of anilines is 1. The zero-order chi connectivity index (χ0) is 14.1. The van der Waals surface area contributed by atoms with E-state index in [0.29, 0.717) is 5.56 Å². The van der Waals surface area contributed by atoms with Crippen LogP contribution in [0.15, 0.2) is 18.2 Å². The molecule has 3 rings (SSSR count). The van der Waals surface area contributed by atoms with Gasteiger partial charge in [-0.25, -0.2) is 0 Å². The molecule has 2 aliphatic carbocycles. The summed E-state index contributed by atoms with van der Waals surface area (Å²) in [7, 11) is 0. The second kappa shape index (κ2) is 5.46. The molecule has 2 fully saturated rings. The van der Waals surface area contributed by atoms with Gasteiger partial charge in [-0.15, -0.1) is 0 Å². The highest BCUT2D eigenvalue weighted by molar-refractivity contribution is 5.58. The van der Waals surface area contributed by atoms with Crippen molar-refractivity contribution in [2.45, 2.75) is 38.7 Å². The van der Waals surface area contributed by atoms with Gasteiger partial charge in [0.25, 0.3) is 0 Å². The van der Waals surface area contributed by atoms with Gasteiger partial charge in [-0.3, -0.25) is 0 Å². The minimum atomic E-state index is -0.487. The van der Waals surface area contributed by atoms with Crippen LogP contribution in [0.1, 0.15) is 49.8 Å². The van der Waals surface area contributed by atoms with Crippen molar-refractivity contribution in [3.8, 4) is 6.07 Å². The fourth-order valence-corrected chi connectivity index (χ4v) is 2.74. The maximum absolute atomic E-state index is 10.0. The molecule has 3 heteroatoms. The minimum Gasteiger partial charge on any atom is -0.389 e. The highest BCUT2D eigenvalue weighted by Gasteiger charge is 2.30. The van der Waals surface area contributed by atoms with Gasteiger partial charge >= 0.3 is 0 Å². The summed E-state index contributed by atoms with van der Waals surface area (Å²) < 4.78 is 0.